The molecule has 1 aromatic heterocycles. The number of unbranched alkanes of at least 4 members (excludes halogenated alkanes) is 8. The van der Waals surface area contributed by atoms with Gasteiger partial charge < -0.3 is 11.5 Å². The number of hydrogen-bond donors (Lipinski definition) is 2. The summed E-state index contributed by atoms with van der Waals surface area (Å²) in [6.45, 7) is 0.828. The first-order valence-electron chi connectivity index (χ1n) is 11.9. The van der Waals surface area contributed by atoms with Crippen molar-refractivity contribution in [3.63, 3.8) is 0 Å². The maximum absolute atomic E-state index is 6.77. The van der Waals surface area contributed by atoms with Gasteiger partial charge in [0.15, 0.2) is 0 Å². The van der Waals surface area contributed by atoms with Gasteiger partial charge in [-0.1, -0.05) is 74.6 Å². The number of hydrogen-bond acceptors (Lipinski definition) is 3. The first-order chi connectivity index (χ1) is 14.6. The number of aryl methyl sites for hydroxylation is 1. The summed E-state index contributed by atoms with van der Waals surface area (Å²) in [5, 5.41) is 2.34. The summed E-state index contributed by atoms with van der Waals surface area (Å²) in [5.41, 5.74) is 17.0. The fraction of sp³-hybridized carbons (Fsp3) is 0.640. The molecule has 0 amide bonds. The van der Waals surface area contributed by atoms with E-state index in [4.69, 9.17) is 39.7 Å². The second-order valence-electron chi connectivity index (χ2n) is 8.81. The van der Waals surface area contributed by atoms with Crippen molar-refractivity contribution in [2.75, 3.05) is 6.54 Å². The van der Waals surface area contributed by atoms with Crippen molar-refractivity contribution in [2.45, 2.75) is 95.9 Å². The van der Waals surface area contributed by atoms with Crippen molar-refractivity contribution in [3.05, 3.63) is 39.0 Å². The Morgan fingerprint density at radius 1 is 0.867 bits per heavy atom. The van der Waals surface area contributed by atoms with Gasteiger partial charge in [0.05, 0.1) is 10.5 Å². The molecule has 3 rings (SSSR count). The van der Waals surface area contributed by atoms with Gasteiger partial charge in [-0.15, -0.1) is 0 Å². The van der Waals surface area contributed by atoms with Gasteiger partial charge in [-0.25, -0.2) is 0 Å². The minimum absolute atomic E-state index is 0.0114. The second kappa shape index (κ2) is 12.2. The van der Waals surface area contributed by atoms with Crippen LogP contribution in [0.25, 0.3) is 10.9 Å². The van der Waals surface area contributed by atoms with E-state index in [0.29, 0.717) is 10.0 Å². The largest absolute Gasteiger partial charge is 0.330 e. The number of pyridine rings is 1. The van der Waals surface area contributed by atoms with E-state index in [1.807, 2.05) is 12.1 Å². The zero-order valence-electron chi connectivity index (χ0n) is 18.2. The first kappa shape index (κ1) is 23.8. The first-order valence-corrected chi connectivity index (χ1v) is 12.6. The number of aromatic nitrogens is 1. The van der Waals surface area contributed by atoms with E-state index in [9.17, 15) is 0 Å². The topological polar surface area (TPSA) is 64.9 Å². The molecule has 1 aliphatic rings. The van der Waals surface area contributed by atoms with Gasteiger partial charge in [0.25, 0.3) is 0 Å². The quantitative estimate of drug-likeness (QED) is 0.334. The Balaban J connectivity index is 1.59. The Morgan fingerprint density at radius 3 is 2.20 bits per heavy atom. The van der Waals surface area contributed by atoms with Crippen LogP contribution in [0.2, 0.25) is 10.0 Å². The molecule has 0 aliphatic heterocycles. The van der Waals surface area contributed by atoms with E-state index in [1.165, 1.54) is 81.0 Å². The summed E-state index contributed by atoms with van der Waals surface area (Å²) in [5.74, 6) is 0. The van der Waals surface area contributed by atoms with E-state index < -0.39 is 0 Å². The molecule has 2 aromatic rings. The summed E-state index contributed by atoms with van der Waals surface area (Å²) < 4.78 is 0. The predicted octanol–water partition coefficient (Wildman–Crippen LogP) is 7.28. The molecular formula is C25H37Cl2N3. The number of halogens is 2. The van der Waals surface area contributed by atoms with E-state index in [1.54, 1.807) is 0 Å². The van der Waals surface area contributed by atoms with Crippen molar-refractivity contribution < 1.29 is 0 Å². The van der Waals surface area contributed by atoms with Crippen molar-refractivity contribution in [1.82, 2.24) is 4.98 Å². The SMILES string of the molecule is NCCCCCCCCCCCC(N)c1c2c(nc3cc(Cl)cc(Cl)c13)CCCC2. The molecule has 0 bridgehead atoms. The smallest absolute Gasteiger partial charge is 0.0738 e. The standard InChI is InChI=1S/C25H37Cl2N3/c26-18-16-20(27)25-23(17-18)30-22-14-10-9-12-19(22)24(25)21(29)13-8-6-4-2-1-3-5-7-11-15-28/h16-17,21H,1-15,28-29H2. The van der Waals surface area contributed by atoms with E-state index >= 15 is 0 Å². The van der Waals surface area contributed by atoms with Gasteiger partial charge in [0.2, 0.25) is 0 Å². The molecule has 0 spiro atoms. The molecule has 0 saturated heterocycles. The van der Waals surface area contributed by atoms with Gasteiger partial charge in [-0.05, 0) is 68.3 Å². The lowest BCUT2D eigenvalue weighted by molar-refractivity contribution is 0.528. The summed E-state index contributed by atoms with van der Waals surface area (Å²) in [6, 6.07) is 3.77. The minimum atomic E-state index is 0.0114. The Bertz CT molecular complexity index is 822. The number of nitrogens with two attached hydrogens (primary N) is 2. The number of rotatable bonds is 12. The average molecular weight is 450 g/mol. The molecule has 4 N–H and O–H groups in total. The predicted molar refractivity (Wildman–Crippen MR) is 131 cm³/mol. The van der Waals surface area contributed by atoms with Crippen LogP contribution in [0, 0.1) is 0 Å². The molecule has 1 unspecified atom stereocenters. The van der Waals surface area contributed by atoms with Gasteiger partial charge in [-0.3, -0.25) is 4.98 Å². The molecular weight excluding hydrogens is 413 g/mol. The fourth-order valence-corrected chi connectivity index (χ4v) is 5.40. The number of nitrogens with zero attached hydrogens (tertiary/aromatic N) is 1. The highest BCUT2D eigenvalue weighted by Crippen LogP contribution is 2.38. The van der Waals surface area contributed by atoms with Gasteiger partial charge in [0.1, 0.15) is 0 Å². The van der Waals surface area contributed by atoms with E-state index in [0.717, 1.165) is 43.1 Å². The minimum Gasteiger partial charge on any atom is -0.330 e. The van der Waals surface area contributed by atoms with E-state index in [2.05, 4.69) is 0 Å². The van der Waals surface area contributed by atoms with Crippen LogP contribution in [0.4, 0.5) is 0 Å². The van der Waals surface area contributed by atoms with Gasteiger partial charge in [-0.2, -0.15) is 0 Å². The van der Waals surface area contributed by atoms with Crippen LogP contribution >= 0.6 is 23.2 Å². The Morgan fingerprint density at radius 2 is 1.50 bits per heavy atom. The lowest BCUT2D eigenvalue weighted by Gasteiger charge is -2.25. The molecule has 1 aliphatic carbocycles. The van der Waals surface area contributed by atoms with Crippen molar-refractivity contribution in [1.29, 1.82) is 0 Å². The average Bonchev–Trinajstić information content (AvgIpc) is 2.73. The van der Waals surface area contributed by atoms with Crippen molar-refractivity contribution >= 4 is 34.1 Å². The third kappa shape index (κ3) is 6.32. The lowest BCUT2D eigenvalue weighted by atomic mass is 9.85. The van der Waals surface area contributed by atoms with Crippen LogP contribution in [-0.4, -0.2) is 11.5 Å². The van der Waals surface area contributed by atoms with Gasteiger partial charge in [0, 0.05) is 22.1 Å². The summed E-state index contributed by atoms with van der Waals surface area (Å²) in [6.07, 6.45) is 17.0. The second-order valence-corrected chi connectivity index (χ2v) is 9.65. The normalized spacial score (nSPS) is 14.8. The zero-order chi connectivity index (χ0) is 21.3. The van der Waals surface area contributed by atoms with Crippen molar-refractivity contribution in [2.24, 2.45) is 11.5 Å². The molecule has 1 aromatic carbocycles. The summed E-state index contributed by atoms with van der Waals surface area (Å²) in [7, 11) is 0. The van der Waals surface area contributed by atoms with Crippen LogP contribution in [0.1, 0.15) is 99.9 Å². The van der Waals surface area contributed by atoms with Crippen LogP contribution in [0.3, 0.4) is 0 Å². The molecule has 1 atom stereocenters. The molecule has 30 heavy (non-hydrogen) atoms. The Kier molecular flexibility index (Phi) is 9.70. The number of benzene rings is 1. The summed E-state index contributed by atoms with van der Waals surface area (Å²) >= 11 is 12.9. The summed E-state index contributed by atoms with van der Waals surface area (Å²) in [4.78, 5) is 4.91. The maximum atomic E-state index is 6.77. The molecule has 5 heteroatoms. The van der Waals surface area contributed by atoms with Crippen LogP contribution in [0.5, 0.6) is 0 Å². The lowest BCUT2D eigenvalue weighted by Crippen LogP contribution is -2.18. The highest BCUT2D eigenvalue weighted by molar-refractivity contribution is 6.38. The fourth-order valence-electron chi connectivity index (χ4n) is 4.81. The van der Waals surface area contributed by atoms with Crippen molar-refractivity contribution in [3.8, 4) is 0 Å². The third-order valence-electron chi connectivity index (χ3n) is 6.41. The maximum Gasteiger partial charge on any atom is 0.0738 e. The molecule has 1 heterocycles. The molecule has 0 saturated carbocycles. The Hall–Kier alpha value is -0.870. The van der Waals surface area contributed by atoms with Crippen LogP contribution in [0.15, 0.2) is 12.1 Å². The highest BCUT2D eigenvalue weighted by Gasteiger charge is 2.23. The van der Waals surface area contributed by atoms with E-state index in [-0.39, 0.29) is 6.04 Å². The molecule has 3 nitrogen and oxygen atoms in total. The molecule has 0 radical (unpaired) electrons. The van der Waals surface area contributed by atoms with Gasteiger partial charge >= 0.3 is 0 Å². The van der Waals surface area contributed by atoms with Crippen LogP contribution in [-0.2, 0) is 12.8 Å². The molecule has 166 valence electrons. The zero-order valence-corrected chi connectivity index (χ0v) is 19.7. The van der Waals surface area contributed by atoms with Crippen LogP contribution < -0.4 is 11.5 Å². The Labute approximate surface area is 191 Å². The monoisotopic (exact) mass is 449 g/mol. The third-order valence-corrected chi connectivity index (χ3v) is 6.93. The number of fused-ring (bicyclic) bond motifs is 2. The molecule has 0 fully saturated rings. The highest BCUT2D eigenvalue weighted by atomic mass is 35.5.